The van der Waals surface area contributed by atoms with Gasteiger partial charge in [-0.05, 0) is 83.5 Å². The molecule has 1 aromatic carbocycles. The van der Waals surface area contributed by atoms with Crippen LogP contribution in [0.3, 0.4) is 0 Å². The molecule has 1 aliphatic rings. The number of hydrogen-bond donors (Lipinski definition) is 4. The van der Waals surface area contributed by atoms with Gasteiger partial charge < -0.3 is 36.6 Å². The first kappa shape index (κ1) is 29.4. The van der Waals surface area contributed by atoms with E-state index < -0.39 is 5.91 Å². The zero-order valence-corrected chi connectivity index (χ0v) is 23.0. The normalized spacial score (nSPS) is 15.8. The lowest BCUT2D eigenvalue weighted by molar-refractivity contribution is -0.123. The largest absolute Gasteiger partial charge is 0.484 e. The van der Waals surface area contributed by atoms with E-state index in [1.165, 1.54) is 5.56 Å². The first-order chi connectivity index (χ1) is 18.2. The lowest BCUT2D eigenvalue weighted by Gasteiger charge is -2.33. The number of anilines is 2. The van der Waals surface area contributed by atoms with Gasteiger partial charge in [0.05, 0.1) is 0 Å². The fraction of sp³-hybridized carbons (Fsp3) is 0.538. The second-order valence-electron chi connectivity index (χ2n) is 9.79. The molecule has 2 heterocycles. The summed E-state index contributed by atoms with van der Waals surface area (Å²) in [6.07, 6.45) is 4.69. The monoisotopic (exact) mass is 546 g/mol. The van der Waals surface area contributed by atoms with Crippen LogP contribution in [0.4, 0.5) is 11.6 Å². The molecule has 1 atom stereocenters. The first-order valence-electron chi connectivity index (χ1n) is 13.0. The van der Waals surface area contributed by atoms with Crippen molar-refractivity contribution >= 4 is 35.1 Å². The number of aromatic nitrogens is 2. The number of nitrogens with zero attached hydrogens (tertiary/aromatic N) is 4. The molecule has 1 fully saturated rings. The molecule has 11 nitrogen and oxygen atoms in total. The van der Waals surface area contributed by atoms with Gasteiger partial charge in [0.1, 0.15) is 5.75 Å². The highest BCUT2D eigenvalue weighted by Gasteiger charge is 2.24. The van der Waals surface area contributed by atoms with Crippen LogP contribution >= 0.6 is 11.6 Å². The van der Waals surface area contributed by atoms with Crippen molar-refractivity contribution in [2.75, 3.05) is 64.9 Å². The number of nitrogen functional groups attached to an aromatic ring is 2. The highest BCUT2D eigenvalue weighted by atomic mass is 35.5. The standard InChI is InChI=1S/C26H39ClN8O3/c1-34(2)13-5-12-30-21(36)17-38-20-10-8-18(9-11-20)6-3-14-35-15-4-7-19(16-35)31-26(37)22-24(28)33-25(29)23(27)32-22/h8-11,19H,3-7,12-17H2,1-2H3,(H,30,36)(H,31,37)(H4,28,29,33). The number of amides is 2. The molecule has 0 bridgehead atoms. The molecule has 0 spiro atoms. The van der Waals surface area contributed by atoms with Crippen molar-refractivity contribution in [3.63, 3.8) is 0 Å². The molecule has 1 saturated heterocycles. The number of likely N-dealkylation sites (tertiary alicyclic amines) is 1. The summed E-state index contributed by atoms with van der Waals surface area (Å²) in [5, 5.41) is 5.83. The minimum Gasteiger partial charge on any atom is -0.484 e. The number of carbonyl (C=O) groups is 2. The fourth-order valence-corrected chi connectivity index (χ4v) is 4.45. The van der Waals surface area contributed by atoms with Crippen LogP contribution in [0.5, 0.6) is 5.75 Å². The summed E-state index contributed by atoms with van der Waals surface area (Å²) in [5.41, 5.74) is 12.6. The van der Waals surface area contributed by atoms with E-state index in [0.29, 0.717) is 12.3 Å². The van der Waals surface area contributed by atoms with E-state index >= 15 is 0 Å². The molecule has 0 aliphatic carbocycles. The third kappa shape index (κ3) is 9.62. The predicted octanol–water partition coefficient (Wildman–Crippen LogP) is 1.57. The number of aryl methyl sites for hydroxylation is 1. The summed E-state index contributed by atoms with van der Waals surface area (Å²) < 4.78 is 5.60. The van der Waals surface area contributed by atoms with Gasteiger partial charge in [-0.15, -0.1) is 0 Å². The van der Waals surface area contributed by atoms with Gasteiger partial charge in [-0.3, -0.25) is 9.59 Å². The number of nitrogens with one attached hydrogen (secondary N) is 2. The van der Waals surface area contributed by atoms with E-state index in [0.717, 1.165) is 58.3 Å². The quantitative estimate of drug-likeness (QED) is 0.274. The minimum atomic E-state index is -0.395. The van der Waals surface area contributed by atoms with E-state index in [1.807, 2.05) is 38.4 Å². The summed E-state index contributed by atoms with van der Waals surface area (Å²) in [6, 6.07) is 7.87. The zero-order valence-electron chi connectivity index (χ0n) is 22.2. The van der Waals surface area contributed by atoms with Crippen LogP contribution in [-0.4, -0.2) is 91.0 Å². The average molecular weight is 547 g/mol. The summed E-state index contributed by atoms with van der Waals surface area (Å²) in [5.74, 6) is 0.137. The van der Waals surface area contributed by atoms with Gasteiger partial charge in [-0.25, -0.2) is 9.97 Å². The molecule has 2 aromatic rings. The van der Waals surface area contributed by atoms with Gasteiger partial charge in [0, 0.05) is 19.1 Å². The Kier molecular flexibility index (Phi) is 11.4. The number of rotatable bonds is 13. The smallest absolute Gasteiger partial charge is 0.274 e. The fourth-order valence-electron chi connectivity index (χ4n) is 4.32. The van der Waals surface area contributed by atoms with Crippen molar-refractivity contribution in [3.8, 4) is 5.75 Å². The number of ether oxygens (including phenoxy) is 1. The Morgan fingerprint density at radius 1 is 1.16 bits per heavy atom. The summed E-state index contributed by atoms with van der Waals surface area (Å²) >= 11 is 5.90. The lowest BCUT2D eigenvalue weighted by atomic mass is 10.0. The zero-order chi connectivity index (χ0) is 27.5. The van der Waals surface area contributed by atoms with E-state index in [1.54, 1.807) is 0 Å². The average Bonchev–Trinajstić information content (AvgIpc) is 2.88. The molecule has 1 aromatic heterocycles. The Bertz CT molecular complexity index is 1070. The van der Waals surface area contributed by atoms with E-state index in [9.17, 15) is 9.59 Å². The molecule has 38 heavy (non-hydrogen) atoms. The highest BCUT2D eigenvalue weighted by molar-refractivity contribution is 6.31. The van der Waals surface area contributed by atoms with Gasteiger partial charge >= 0.3 is 0 Å². The molecule has 6 N–H and O–H groups in total. The second kappa shape index (κ2) is 14.7. The molecular formula is C26H39ClN8O3. The summed E-state index contributed by atoms with van der Waals surface area (Å²) in [4.78, 5) is 36.9. The lowest BCUT2D eigenvalue weighted by Crippen LogP contribution is -2.48. The number of piperidine rings is 1. The van der Waals surface area contributed by atoms with Crippen LogP contribution in [0.25, 0.3) is 0 Å². The van der Waals surface area contributed by atoms with Gasteiger partial charge in [0.2, 0.25) is 0 Å². The molecular weight excluding hydrogens is 508 g/mol. The molecule has 2 amide bonds. The third-order valence-electron chi connectivity index (χ3n) is 6.30. The first-order valence-corrected chi connectivity index (χ1v) is 13.3. The van der Waals surface area contributed by atoms with Crippen LogP contribution in [0.2, 0.25) is 5.15 Å². The van der Waals surface area contributed by atoms with Crippen molar-refractivity contribution in [2.24, 2.45) is 0 Å². The van der Waals surface area contributed by atoms with E-state index in [2.05, 4.69) is 30.4 Å². The molecule has 0 saturated carbocycles. The Balaban J connectivity index is 1.35. The van der Waals surface area contributed by atoms with Gasteiger partial charge in [-0.2, -0.15) is 0 Å². The number of benzene rings is 1. The van der Waals surface area contributed by atoms with Crippen molar-refractivity contribution in [1.29, 1.82) is 0 Å². The van der Waals surface area contributed by atoms with Crippen LogP contribution < -0.4 is 26.8 Å². The maximum absolute atomic E-state index is 12.7. The Hall–Kier alpha value is -3.15. The predicted molar refractivity (Wildman–Crippen MR) is 149 cm³/mol. The molecule has 0 radical (unpaired) electrons. The third-order valence-corrected chi connectivity index (χ3v) is 6.58. The molecule has 3 rings (SSSR count). The Labute approximate surface area is 229 Å². The molecule has 1 unspecified atom stereocenters. The molecule has 208 valence electrons. The van der Waals surface area contributed by atoms with E-state index in [4.69, 9.17) is 27.8 Å². The van der Waals surface area contributed by atoms with Gasteiger partial charge in [-0.1, -0.05) is 23.7 Å². The van der Waals surface area contributed by atoms with Crippen molar-refractivity contribution in [1.82, 2.24) is 30.4 Å². The summed E-state index contributed by atoms with van der Waals surface area (Å²) in [7, 11) is 4.02. The Morgan fingerprint density at radius 3 is 2.66 bits per heavy atom. The van der Waals surface area contributed by atoms with Gasteiger partial charge in [0.25, 0.3) is 11.8 Å². The molecule has 12 heteroatoms. The number of halogens is 1. The van der Waals surface area contributed by atoms with Gasteiger partial charge in [0.15, 0.2) is 29.1 Å². The second-order valence-corrected chi connectivity index (χ2v) is 10.1. The Morgan fingerprint density at radius 2 is 1.92 bits per heavy atom. The number of hydrogen-bond acceptors (Lipinski definition) is 9. The van der Waals surface area contributed by atoms with Crippen LogP contribution in [-0.2, 0) is 11.2 Å². The highest BCUT2D eigenvalue weighted by Crippen LogP contribution is 2.19. The number of nitrogens with two attached hydrogens (primary N) is 2. The molecule has 1 aliphatic heterocycles. The summed E-state index contributed by atoms with van der Waals surface area (Å²) in [6.45, 7) is 4.26. The maximum atomic E-state index is 12.7. The van der Waals surface area contributed by atoms with Crippen LogP contribution in [0, 0.1) is 0 Å². The van der Waals surface area contributed by atoms with Crippen LogP contribution in [0.15, 0.2) is 24.3 Å². The maximum Gasteiger partial charge on any atom is 0.274 e. The van der Waals surface area contributed by atoms with Crippen LogP contribution in [0.1, 0.15) is 41.7 Å². The minimum absolute atomic E-state index is 0.000721. The van der Waals surface area contributed by atoms with E-state index in [-0.39, 0.29) is 41.0 Å². The SMILES string of the molecule is CN(C)CCCNC(=O)COc1ccc(CCCN2CCCC(NC(=O)c3nc(Cl)c(N)nc3N)C2)cc1. The topological polar surface area (TPSA) is 152 Å². The van der Waals surface area contributed by atoms with Crippen molar-refractivity contribution < 1.29 is 14.3 Å². The van der Waals surface area contributed by atoms with Crippen molar-refractivity contribution in [3.05, 3.63) is 40.7 Å². The number of carbonyl (C=O) groups excluding carboxylic acids is 2. The van der Waals surface area contributed by atoms with Crippen molar-refractivity contribution in [2.45, 2.75) is 38.1 Å².